The number of carbonyl (C=O) groups is 1. The molecule has 0 unspecified atom stereocenters. The molecule has 0 bridgehead atoms. The van der Waals surface area contributed by atoms with E-state index < -0.39 is 5.97 Å². The molecular weight excluding hydrogens is 322 g/mol. The van der Waals surface area contributed by atoms with Gasteiger partial charge >= 0.3 is 5.97 Å². The molecule has 0 radical (unpaired) electrons. The molecule has 0 spiro atoms. The summed E-state index contributed by atoms with van der Waals surface area (Å²) in [6.45, 7) is 0.550. The van der Waals surface area contributed by atoms with Gasteiger partial charge < -0.3 is 15.2 Å². The Balaban J connectivity index is 2.01. The minimum absolute atomic E-state index is 0.172. The third kappa shape index (κ3) is 3.73. The molecule has 5 heteroatoms. The Bertz CT molecular complexity index is 470. The lowest BCUT2D eigenvalue weighted by molar-refractivity contribution is -0.142. The van der Waals surface area contributed by atoms with Gasteiger partial charge in [0, 0.05) is 28.9 Å². The fraction of sp³-hybridized carbons (Fsp3) is 0.533. The minimum atomic E-state index is -0.661. The summed E-state index contributed by atoms with van der Waals surface area (Å²) in [5, 5.41) is 12.6. The molecule has 0 aliphatic heterocycles. The molecule has 0 atom stereocenters. The van der Waals surface area contributed by atoms with Gasteiger partial charge in [0.1, 0.15) is 0 Å². The number of hydrogen-bond donors (Lipinski definition) is 2. The van der Waals surface area contributed by atoms with Crippen molar-refractivity contribution in [1.29, 1.82) is 0 Å². The Labute approximate surface area is 127 Å². The van der Waals surface area contributed by atoms with E-state index in [4.69, 9.17) is 9.84 Å². The summed E-state index contributed by atoms with van der Waals surface area (Å²) in [6, 6.07) is 6.38. The molecule has 0 amide bonds. The number of rotatable bonds is 5. The number of carboxylic acid groups (broad SMARTS) is 1. The van der Waals surface area contributed by atoms with Crippen molar-refractivity contribution in [3.63, 3.8) is 0 Å². The Hall–Kier alpha value is -1.07. The normalized spacial score (nSPS) is 22.5. The summed E-state index contributed by atoms with van der Waals surface area (Å²) in [6.07, 6.45) is 3.30. The second-order valence-electron chi connectivity index (χ2n) is 5.23. The topological polar surface area (TPSA) is 58.6 Å². The van der Waals surface area contributed by atoms with Crippen LogP contribution in [0.5, 0.6) is 0 Å². The zero-order valence-electron chi connectivity index (χ0n) is 11.6. The van der Waals surface area contributed by atoms with E-state index in [9.17, 15) is 4.79 Å². The van der Waals surface area contributed by atoms with E-state index in [-0.39, 0.29) is 5.92 Å². The predicted molar refractivity (Wildman–Crippen MR) is 81.9 cm³/mol. The van der Waals surface area contributed by atoms with E-state index in [1.54, 1.807) is 7.11 Å². The van der Waals surface area contributed by atoms with Gasteiger partial charge in [-0.1, -0.05) is 22.0 Å². The van der Waals surface area contributed by atoms with Crippen LogP contribution in [0, 0.1) is 5.92 Å². The maximum Gasteiger partial charge on any atom is 0.306 e. The minimum Gasteiger partial charge on any atom is -0.481 e. The molecule has 2 N–H and O–H groups in total. The van der Waals surface area contributed by atoms with Crippen molar-refractivity contribution in [3.8, 4) is 0 Å². The van der Waals surface area contributed by atoms with Gasteiger partial charge in [-0.15, -0.1) is 0 Å². The van der Waals surface area contributed by atoms with Crippen LogP contribution in [0.1, 0.15) is 31.2 Å². The maximum absolute atomic E-state index is 11.0. The van der Waals surface area contributed by atoms with Crippen LogP contribution in [0.4, 0.5) is 5.69 Å². The van der Waals surface area contributed by atoms with Crippen molar-refractivity contribution in [2.24, 2.45) is 5.92 Å². The van der Waals surface area contributed by atoms with E-state index in [2.05, 4.69) is 21.2 Å². The van der Waals surface area contributed by atoms with E-state index in [1.807, 2.05) is 18.2 Å². The van der Waals surface area contributed by atoms with Crippen molar-refractivity contribution < 1.29 is 14.6 Å². The number of benzene rings is 1. The molecule has 2 rings (SSSR count). The molecule has 0 aromatic heterocycles. The van der Waals surface area contributed by atoms with Crippen LogP contribution in [0.25, 0.3) is 0 Å². The molecule has 1 aromatic rings. The molecule has 0 heterocycles. The molecule has 20 heavy (non-hydrogen) atoms. The second-order valence-corrected chi connectivity index (χ2v) is 6.08. The maximum atomic E-state index is 11.0. The van der Waals surface area contributed by atoms with Gasteiger partial charge in [0.15, 0.2) is 0 Å². The number of anilines is 1. The van der Waals surface area contributed by atoms with Crippen LogP contribution in [0.2, 0.25) is 0 Å². The molecule has 110 valence electrons. The number of carboxylic acids is 1. The van der Waals surface area contributed by atoms with Crippen molar-refractivity contribution in [3.05, 3.63) is 28.2 Å². The van der Waals surface area contributed by atoms with Crippen molar-refractivity contribution in [2.75, 3.05) is 12.4 Å². The van der Waals surface area contributed by atoms with E-state index in [0.29, 0.717) is 12.6 Å². The first-order chi connectivity index (χ1) is 9.61. The third-order valence-corrected chi connectivity index (χ3v) is 4.59. The summed E-state index contributed by atoms with van der Waals surface area (Å²) in [7, 11) is 1.68. The third-order valence-electron chi connectivity index (χ3n) is 3.84. The van der Waals surface area contributed by atoms with E-state index in [0.717, 1.165) is 41.4 Å². The monoisotopic (exact) mass is 341 g/mol. The van der Waals surface area contributed by atoms with Crippen LogP contribution in [0.15, 0.2) is 22.7 Å². The zero-order chi connectivity index (χ0) is 14.5. The Morgan fingerprint density at radius 1 is 1.40 bits per heavy atom. The highest BCUT2D eigenvalue weighted by Crippen LogP contribution is 2.30. The van der Waals surface area contributed by atoms with Gasteiger partial charge in [-0.25, -0.2) is 0 Å². The first-order valence-corrected chi connectivity index (χ1v) is 7.66. The molecule has 1 fully saturated rings. The fourth-order valence-corrected chi connectivity index (χ4v) is 3.17. The quantitative estimate of drug-likeness (QED) is 0.858. The summed E-state index contributed by atoms with van der Waals surface area (Å²) < 4.78 is 6.27. The van der Waals surface area contributed by atoms with Gasteiger partial charge in [0.25, 0.3) is 0 Å². The lowest BCUT2D eigenvalue weighted by Gasteiger charge is -2.28. The highest BCUT2D eigenvalue weighted by atomic mass is 79.9. The molecule has 1 aliphatic rings. The van der Waals surface area contributed by atoms with Crippen LogP contribution < -0.4 is 5.32 Å². The zero-order valence-corrected chi connectivity index (χ0v) is 13.1. The van der Waals surface area contributed by atoms with E-state index >= 15 is 0 Å². The summed E-state index contributed by atoms with van der Waals surface area (Å²) in [4.78, 5) is 11.0. The van der Waals surface area contributed by atoms with Crippen LogP contribution in [-0.2, 0) is 16.1 Å². The Morgan fingerprint density at radius 2 is 2.10 bits per heavy atom. The Kier molecular flexibility index (Phi) is 5.43. The van der Waals surface area contributed by atoms with Gasteiger partial charge in [-0.05, 0) is 37.8 Å². The van der Waals surface area contributed by atoms with Crippen molar-refractivity contribution in [2.45, 2.75) is 38.3 Å². The average molecular weight is 342 g/mol. The first kappa shape index (κ1) is 15.3. The number of aliphatic carboxylic acids is 1. The summed E-state index contributed by atoms with van der Waals surface area (Å²) in [5.41, 5.74) is 2.18. The SMILES string of the molecule is COCc1c(Br)cccc1NC1CCC(C(=O)O)CC1. The number of nitrogens with one attached hydrogen (secondary N) is 1. The fourth-order valence-electron chi connectivity index (χ4n) is 2.69. The number of methoxy groups -OCH3 is 1. The first-order valence-electron chi connectivity index (χ1n) is 6.87. The van der Waals surface area contributed by atoms with Gasteiger partial charge in [-0.3, -0.25) is 4.79 Å². The molecule has 1 saturated carbocycles. The smallest absolute Gasteiger partial charge is 0.306 e. The number of hydrogen-bond acceptors (Lipinski definition) is 3. The predicted octanol–water partition coefficient (Wildman–Crippen LogP) is 3.65. The van der Waals surface area contributed by atoms with E-state index in [1.165, 1.54) is 0 Å². The summed E-state index contributed by atoms with van der Waals surface area (Å²) in [5.74, 6) is -0.833. The molecule has 4 nitrogen and oxygen atoms in total. The number of ether oxygens (including phenoxy) is 1. The highest BCUT2D eigenvalue weighted by Gasteiger charge is 2.26. The van der Waals surface area contributed by atoms with Gasteiger partial charge in [0.2, 0.25) is 0 Å². The average Bonchev–Trinajstić information content (AvgIpc) is 2.43. The van der Waals surface area contributed by atoms with Crippen LogP contribution >= 0.6 is 15.9 Å². The number of halogens is 1. The highest BCUT2D eigenvalue weighted by molar-refractivity contribution is 9.10. The lowest BCUT2D eigenvalue weighted by atomic mass is 9.86. The molecule has 0 saturated heterocycles. The Morgan fingerprint density at radius 3 is 2.70 bits per heavy atom. The molecule has 1 aromatic carbocycles. The molecule has 1 aliphatic carbocycles. The molecular formula is C15H20BrNO3. The standard InChI is InChI=1S/C15H20BrNO3/c1-20-9-12-13(16)3-2-4-14(12)17-11-7-5-10(6-8-11)15(18)19/h2-4,10-11,17H,5-9H2,1H3,(H,18,19). The second kappa shape index (κ2) is 7.09. The van der Waals surface area contributed by atoms with Crippen LogP contribution in [0.3, 0.4) is 0 Å². The van der Waals surface area contributed by atoms with Crippen molar-refractivity contribution in [1.82, 2.24) is 0 Å². The summed E-state index contributed by atoms with van der Waals surface area (Å²) >= 11 is 3.54. The largest absolute Gasteiger partial charge is 0.481 e. The lowest BCUT2D eigenvalue weighted by Crippen LogP contribution is -2.29. The van der Waals surface area contributed by atoms with Gasteiger partial charge in [0.05, 0.1) is 12.5 Å². The van der Waals surface area contributed by atoms with Gasteiger partial charge in [-0.2, -0.15) is 0 Å². The van der Waals surface area contributed by atoms with Crippen molar-refractivity contribution >= 4 is 27.6 Å². The van der Waals surface area contributed by atoms with Crippen LogP contribution in [-0.4, -0.2) is 24.2 Å².